The molecular formula is C23H33F3N2O2. The molecule has 4 nitrogen and oxygen atoms in total. The van der Waals surface area contributed by atoms with Crippen LogP contribution < -0.4 is 0 Å². The van der Waals surface area contributed by atoms with Gasteiger partial charge in [0.2, 0.25) is 0 Å². The quantitative estimate of drug-likeness (QED) is 0.638. The fraction of sp³-hybridized carbons (Fsp3) is 0.696. The summed E-state index contributed by atoms with van der Waals surface area (Å²) >= 11 is 0. The van der Waals surface area contributed by atoms with Crippen molar-refractivity contribution in [2.24, 2.45) is 17.8 Å². The van der Waals surface area contributed by atoms with Crippen LogP contribution in [0, 0.1) is 17.8 Å². The van der Waals surface area contributed by atoms with Gasteiger partial charge in [0.05, 0.1) is 5.92 Å². The summed E-state index contributed by atoms with van der Waals surface area (Å²) in [5.41, 5.74) is 0.958. The van der Waals surface area contributed by atoms with Crippen molar-refractivity contribution in [3.8, 4) is 0 Å². The number of hydrogen-bond acceptors (Lipinski definition) is 3. The number of rotatable bonds is 5. The first-order valence-corrected chi connectivity index (χ1v) is 11.0. The Kier molecular flexibility index (Phi) is 7.66. The number of benzene rings is 1. The minimum atomic E-state index is -4.06. The Balaban J connectivity index is 1.50. The van der Waals surface area contributed by atoms with Crippen molar-refractivity contribution < 1.29 is 22.7 Å². The summed E-state index contributed by atoms with van der Waals surface area (Å²) in [6.07, 6.45) is -2.60. The van der Waals surface area contributed by atoms with Gasteiger partial charge in [-0.3, -0.25) is 4.90 Å². The van der Waals surface area contributed by atoms with E-state index in [9.17, 15) is 18.0 Å². The van der Waals surface area contributed by atoms with E-state index in [1.54, 1.807) is 4.90 Å². The van der Waals surface area contributed by atoms with Gasteiger partial charge in [-0.15, -0.1) is 0 Å². The maximum Gasteiger partial charge on any atom is 0.410 e. The summed E-state index contributed by atoms with van der Waals surface area (Å²) in [6.45, 7) is 7.28. The van der Waals surface area contributed by atoms with Crippen molar-refractivity contribution in [1.29, 1.82) is 0 Å². The van der Waals surface area contributed by atoms with Crippen molar-refractivity contribution in [3.05, 3.63) is 35.9 Å². The van der Waals surface area contributed by atoms with E-state index in [-0.39, 0.29) is 31.6 Å². The average Bonchev–Trinajstić information content (AvgIpc) is 2.72. The number of alkyl halides is 3. The molecule has 1 aromatic carbocycles. The lowest BCUT2D eigenvalue weighted by atomic mass is 9.81. The first-order valence-electron chi connectivity index (χ1n) is 11.0. The molecule has 7 heteroatoms. The number of ether oxygens (including phenoxy) is 1. The molecule has 168 valence electrons. The van der Waals surface area contributed by atoms with E-state index >= 15 is 0 Å². The van der Waals surface area contributed by atoms with Gasteiger partial charge in [-0.25, -0.2) is 4.79 Å². The molecule has 1 saturated heterocycles. The SMILES string of the molecule is CC(C)[C@H]1CN(C(=O)OCc2ccccc2)CCN1CC1CCC(C(F)(F)F)CC1. The van der Waals surface area contributed by atoms with Crippen LogP contribution in [0.25, 0.3) is 0 Å². The monoisotopic (exact) mass is 426 g/mol. The van der Waals surface area contributed by atoms with Gasteiger partial charge < -0.3 is 9.64 Å². The first-order chi connectivity index (χ1) is 14.2. The maximum atomic E-state index is 12.9. The molecule has 3 rings (SSSR count). The topological polar surface area (TPSA) is 32.8 Å². The van der Waals surface area contributed by atoms with E-state index < -0.39 is 12.1 Å². The lowest BCUT2D eigenvalue weighted by Gasteiger charge is -2.45. The Labute approximate surface area is 177 Å². The molecule has 1 atom stereocenters. The molecule has 1 heterocycles. The van der Waals surface area contributed by atoms with Gasteiger partial charge in [0, 0.05) is 32.2 Å². The van der Waals surface area contributed by atoms with Crippen LogP contribution in [0.3, 0.4) is 0 Å². The zero-order valence-corrected chi connectivity index (χ0v) is 17.9. The van der Waals surface area contributed by atoms with Crippen molar-refractivity contribution >= 4 is 6.09 Å². The Hall–Kier alpha value is -1.76. The molecule has 0 spiro atoms. The Morgan fingerprint density at radius 2 is 1.77 bits per heavy atom. The second-order valence-electron chi connectivity index (χ2n) is 9.05. The Bertz CT molecular complexity index is 673. The van der Waals surface area contributed by atoms with Gasteiger partial charge in [0.15, 0.2) is 0 Å². The highest BCUT2D eigenvalue weighted by Crippen LogP contribution is 2.40. The number of halogens is 3. The van der Waals surface area contributed by atoms with Crippen LogP contribution in [-0.4, -0.2) is 54.3 Å². The van der Waals surface area contributed by atoms with Crippen molar-refractivity contribution in [2.45, 2.75) is 58.4 Å². The molecule has 0 aromatic heterocycles. The molecular weight excluding hydrogens is 393 g/mol. The third kappa shape index (κ3) is 6.13. The smallest absolute Gasteiger partial charge is 0.410 e. The zero-order valence-electron chi connectivity index (χ0n) is 17.9. The van der Waals surface area contributed by atoms with Crippen LogP contribution >= 0.6 is 0 Å². The molecule has 1 aliphatic heterocycles. The highest BCUT2D eigenvalue weighted by Gasteiger charge is 2.42. The van der Waals surface area contributed by atoms with Gasteiger partial charge in [0.25, 0.3) is 0 Å². The molecule has 0 N–H and O–H groups in total. The van der Waals surface area contributed by atoms with Crippen LogP contribution in [0.5, 0.6) is 0 Å². The lowest BCUT2D eigenvalue weighted by Crippen LogP contribution is -2.57. The molecule has 0 bridgehead atoms. The van der Waals surface area contributed by atoms with Crippen LogP contribution in [0.15, 0.2) is 30.3 Å². The Morgan fingerprint density at radius 3 is 2.37 bits per heavy atom. The molecule has 1 saturated carbocycles. The van der Waals surface area contributed by atoms with Gasteiger partial charge in [-0.2, -0.15) is 13.2 Å². The molecule has 1 amide bonds. The Morgan fingerprint density at radius 1 is 1.10 bits per heavy atom. The fourth-order valence-electron chi connectivity index (χ4n) is 4.69. The predicted octanol–water partition coefficient (Wildman–Crippen LogP) is 5.33. The maximum absolute atomic E-state index is 12.9. The zero-order chi connectivity index (χ0) is 21.7. The number of piperazine rings is 1. The number of carbonyl (C=O) groups is 1. The minimum absolute atomic E-state index is 0.198. The summed E-state index contributed by atoms with van der Waals surface area (Å²) in [7, 11) is 0. The third-order valence-electron chi connectivity index (χ3n) is 6.57. The summed E-state index contributed by atoms with van der Waals surface area (Å²) in [5, 5.41) is 0. The largest absolute Gasteiger partial charge is 0.445 e. The number of nitrogens with zero attached hydrogens (tertiary/aromatic N) is 2. The van der Waals surface area contributed by atoms with E-state index in [2.05, 4.69) is 18.7 Å². The summed E-state index contributed by atoms with van der Waals surface area (Å²) in [5.74, 6) is -0.478. The molecule has 30 heavy (non-hydrogen) atoms. The molecule has 0 radical (unpaired) electrons. The highest BCUT2D eigenvalue weighted by molar-refractivity contribution is 5.67. The molecule has 1 aliphatic carbocycles. The van der Waals surface area contributed by atoms with Crippen LogP contribution in [0.2, 0.25) is 0 Å². The second kappa shape index (κ2) is 10.0. The standard InChI is InChI=1S/C23H33F3N2O2/c1-17(2)21-15-28(22(29)30-16-19-6-4-3-5-7-19)13-12-27(21)14-18-8-10-20(11-9-18)23(24,25)26/h3-7,17-18,20-21H,8-16H2,1-2H3/t18?,20?,21-/m1/s1. The average molecular weight is 427 g/mol. The second-order valence-corrected chi connectivity index (χ2v) is 9.05. The van der Waals surface area contributed by atoms with Gasteiger partial charge >= 0.3 is 12.3 Å². The molecule has 1 aromatic rings. The summed E-state index contributed by atoms with van der Waals surface area (Å²) in [4.78, 5) is 16.7. The number of carbonyl (C=O) groups excluding carboxylic acids is 1. The van der Waals surface area contributed by atoms with Crippen LogP contribution in [0.4, 0.5) is 18.0 Å². The van der Waals surface area contributed by atoms with Crippen molar-refractivity contribution in [3.63, 3.8) is 0 Å². The van der Waals surface area contributed by atoms with E-state index in [1.165, 1.54) is 0 Å². The fourth-order valence-corrected chi connectivity index (χ4v) is 4.69. The van der Waals surface area contributed by atoms with E-state index in [1.807, 2.05) is 30.3 Å². The molecule has 2 fully saturated rings. The van der Waals surface area contributed by atoms with Crippen molar-refractivity contribution in [1.82, 2.24) is 9.80 Å². The highest BCUT2D eigenvalue weighted by atomic mass is 19.4. The van der Waals surface area contributed by atoms with E-state index in [0.717, 1.165) is 18.7 Å². The molecule has 2 aliphatic rings. The first kappa shape index (κ1) is 22.9. The summed E-state index contributed by atoms with van der Waals surface area (Å²) < 4.78 is 44.3. The van der Waals surface area contributed by atoms with E-state index in [0.29, 0.717) is 37.8 Å². The lowest BCUT2D eigenvalue weighted by molar-refractivity contribution is -0.184. The third-order valence-corrected chi connectivity index (χ3v) is 6.57. The van der Waals surface area contributed by atoms with Crippen molar-refractivity contribution in [2.75, 3.05) is 26.2 Å². The van der Waals surface area contributed by atoms with Crippen LogP contribution in [0.1, 0.15) is 45.1 Å². The minimum Gasteiger partial charge on any atom is -0.445 e. The van der Waals surface area contributed by atoms with Gasteiger partial charge in [0.1, 0.15) is 6.61 Å². The van der Waals surface area contributed by atoms with Crippen LogP contribution in [-0.2, 0) is 11.3 Å². The molecule has 0 unspecified atom stereocenters. The predicted molar refractivity (Wildman–Crippen MR) is 110 cm³/mol. The normalized spacial score (nSPS) is 26.1. The number of amides is 1. The number of hydrogen-bond donors (Lipinski definition) is 0. The van der Waals surface area contributed by atoms with Gasteiger partial charge in [-0.05, 0) is 43.1 Å². The van der Waals surface area contributed by atoms with Gasteiger partial charge in [-0.1, -0.05) is 44.2 Å². The summed E-state index contributed by atoms with van der Waals surface area (Å²) in [6, 6.07) is 9.81. The van der Waals surface area contributed by atoms with E-state index in [4.69, 9.17) is 4.74 Å².